The molecule has 5 aromatic carbocycles. The predicted molar refractivity (Wildman–Crippen MR) is 230 cm³/mol. The number of nitrogens with two attached hydrogens (primary N) is 2. The van der Waals surface area contributed by atoms with E-state index in [1.807, 2.05) is 0 Å². The smallest absolute Gasteiger partial charge is 0.422 e. The second-order valence-electron chi connectivity index (χ2n) is 14.3. The van der Waals surface area contributed by atoms with Gasteiger partial charge in [0.1, 0.15) is 23.7 Å². The molecule has 0 saturated carbocycles. The number of benzene rings is 5. The molecule has 67 heavy (non-hydrogen) atoms. The van der Waals surface area contributed by atoms with Gasteiger partial charge in [-0.05, 0) is 120 Å². The number of esters is 2. The third-order valence-corrected chi connectivity index (χ3v) is 9.29. The lowest BCUT2D eigenvalue weighted by atomic mass is 9.83. The van der Waals surface area contributed by atoms with Crippen LogP contribution in [0.3, 0.4) is 0 Å². The molecule has 0 spiro atoms. The van der Waals surface area contributed by atoms with Crippen LogP contribution in [-0.4, -0.2) is 85.7 Å². The lowest BCUT2D eigenvalue weighted by Crippen LogP contribution is -2.38. The van der Waals surface area contributed by atoms with Gasteiger partial charge in [-0.1, -0.05) is 24.3 Å². The highest BCUT2D eigenvalue weighted by Gasteiger charge is 2.36. The fourth-order valence-electron chi connectivity index (χ4n) is 6.11. The molecular weight excluding hydrogens is 899 g/mol. The maximum absolute atomic E-state index is 13.5. The van der Waals surface area contributed by atoms with Gasteiger partial charge < -0.3 is 50.1 Å². The zero-order valence-corrected chi connectivity index (χ0v) is 35.2. The highest BCUT2D eigenvalue weighted by Crippen LogP contribution is 2.33. The van der Waals surface area contributed by atoms with Crippen LogP contribution in [0, 0.1) is 0 Å². The molecule has 0 saturated heterocycles. The Bertz CT molecular complexity index is 2460. The van der Waals surface area contributed by atoms with Crippen LogP contribution >= 0.6 is 0 Å². The molecule has 0 bridgehead atoms. The minimum Gasteiger partial charge on any atom is -0.493 e. The van der Waals surface area contributed by atoms with Gasteiger partial charge in [-0.2, -0.15) is 26.3 Å². The van der Waals surface area contributed by atoms with Crippen LogP contribution in [0.25, 0.3) is 12.2 Å². The maximum Gasteiger partial charge on any atom is 0.422 e. The minimum absolute atomic E-state index is 0.0127. The van der Waals surface area contributed by atoms with Crippen molar-refractivity contribution < 1.29 is 84.2 Å². The van der Waals surface area contributed by atoms with Gasteiger partial charge >= 0.3 is 24.3 Å². The molecule has 352 valence electrons. The van der Waals surface area contributed by atoms with E-state index in [9.17, 15) is 55.7 Å². The highest BCUT2D eigenvalue weighted by molar-refractivity contribution is 6.01. The van der Waals surface area contributed by atoms with Crippen LogP contribution < -0.4 is 39.9 Å². The Morgan fingerprint density at radius 3 is 1.27 bits per heavy atom. The van der Waals surface area contributed by atoms with Crippen molar-refractivity contribution in [2.75, 3.05) is 38.9 Å². The van der Waals surface area contributed by atoms with E-state index in [2.05, 4.69) is 9.47 Å². The molecule has 0 aliphatic rings. The molecule has 5 aromatic rings. The number of aliphatic hydroxyl groups excluding tert-OH is 2. The summed E-state index contributed by atoms with van der Waals surface area (Å²) in [6.45, 7) is -3.03. The molecule has 0 aliphatic heterocycles. The van der Waals surface area contributed by atoms with Crippen molar-refractivity contribution in [3.8, 4) is 34.5 Å². The van der Waals surface area contributed by atoms with Crippen molar-refractivity contribution >= 4 is 47.0 Å². The predicted octanol–water partition coefficient (Wildman–Crippen LogP) is 7.56. The van der Waals surface area contributed by atoms with E-state index in [1.54, 1.807) is 0 Å². The van der Waals surface area contributed by atoms with Gasteiger partial charge in [0.2, 0.25) is 0 Å². The third kappa shape index (κ3) is 14.6. The first-order valence-electron chi connectivity index (χ1n) is 19.5. The standard InChI is InChI=1S/C47H40F6N2O12/c1-62-39-19-26(5-17-37(39)66-44(60)28-7-11-33(12-8-28)64-24-46(48,49)50)3-15-35(56)42(58)41(30-21-31(54)23-32(55)22-30)43(59)36(57)16-4-27-6-18-38(40(20-27)63-2)67-45(61)29-9-13-34(14-10-29)65-25-47(51,52)53/h3-23,41-43,58-59H,24-25,54-55H2,1-2H3/b15-3+,16-4+. The van der Waals surface area contributed by atoms with Gasteiger partial charge in [0.15, 0.2) is 47.8 Å². The quantitative estimate of drug-likeness (QED) is 0.0207. The van der Waals surface area contributed by atoms with E-state index in [4.69, 9.17) is 30.4 Å². The topological polar surface area (TPSA) is 216 Å². The van der Waals surface area contributed by atoms with Crippen molar-refractivity contribution in [3.05, 3.63) is 143 Å². The number of hydrogen-bond acceptors (Lipinski definition) is 14. The summed E-state index contributed by atoms with van der Waals surface area (Å²) in [4.78, 5) is 52.5. The Kier molecular flexibility index (Phi) is 16.4. The van der Waals surface area contributed by atoms with Gasteiger partial charge in [0.25, 0.3) is 0 Å². The number of aliphatic hydroxyl groups is 2. The highest BCUT2D eigenvalue weighted by atomic mass is 19.4. The number of nitrogen functional groups attached to an aromatic ring is 2. The Balaban J connectivity index is 1.27. The summed E-state index contributed by atoms with van der Waals surface area (Å²) < 4.78 is 106. The van der Waals surface area contributed by atoms with E-state index in [0.717, 1.165) is 12.2 Å². The molecule has 0 aliphatic carbocycles. The number of methoxy groups -OCH3 is 2. The van der Waals surface area contributed by atoms with Gasteiger partial charge in [0.05, 0.1) is 31.3 Å². The maximum atomic E-state index is 13.5. The molecular formula is C47H40F6N2O12. The van der Waals surface area contributed by atoms with Crippen LogP contribution in [0.1, 0.15) is 43.3 Å². The monoisotopic (exact) mass is 938 g/mol. The number of anilines is 2. The molecule has 20 heteroatoms. The van der Waals surface area contributed by atoms with E-state index >= 15 is 0 Å². The number of ketones is 2. The molecule has 0 heterocycles. The Labute approximate surface area is 377 Å². The SMILES string of the molecule is COc1cc(/C=C/C(=O)C(O)C(c2cc(N)cc(N)c2)C(O)C(=O)/C=C/c2ccc(OC(=O)c3ccc(OCC(F)(F)F)cc3)c(OC)c2)ccc1OC(=O)c1ccc(OCC(F)(F)F)cc1. The lowest BCUT2D eigenvalue weighted by molar-refractivity contribution is -0.154. The molecule has 0 radical (unpaired) electrons. The van der Waals surface area contributed by atoms with Crippen LogP contribution in [0.2, 0.25) is 0 Å². The first-order chi connectivity index (χ1) is 31.6. The van der Waals surface area contributed by atoms with Crippen LogP contribution in [0.4, 0.5) is 37.7 Å². The molecule has 14 nitrogen and oxygen atoms in total. The molecule has 5 rings (SSSR count). The molecule has 2 unspecified atom stereocenters. The zero-order valence-electron chi connectivity index (χ0n) is 35.2. The number of hydrogen-bond donors (Lipinski definition) is 4. The Hall–Kier alpha value is -7.84. The number of halogens is 6. The van der Waals surface area contributed by atoms with Crippen molar-refractivity contribution in [3.63, 3.8) is 0 Å². The van der Waals surface area contributed by atoms with Crippen LogP contribution in [0.15, 0.2) is 115 Å². The fraction of sp³-hybridized carbons (Fsp3) is 0.191. The largest absolute Gasteiger partial charge is 0.493 e. The summed E-state index contributed by atoms with van der Waals surface area (Å²) in [7, 11) is 2.55. The number of carbonyl (C=O) groups is 4. The number of rotatable bonds is 19. The summed E-state index contributed by atoms with van der Waals surface area (Å²) in [5, 5.41) is 22.8. The normalized spacial score (nSPS) is 13.1. The van der Waals surface area contributed by atoms with Crippen molar-refractivity contribution in [1.82, 2.24) is 0 Å². The lowest BCUT2D eigenvalue weighted by Gasteiger charge is -2.26. The van der Waals surface area contributed by atoms with E-state index < -0.39 is 67.2 Å². The second-order valence-corrected chi connectivity index (χ2v) is 14.3. The van der Waals surface area contributed by atoms with Crippen molar-refractivity contribution in [2.45, 2.75) is 30.5 Å². The van der Waals surface area contributed by atoms with Gasteiger partial charge in [-0.15, -0.1) is 0 Å². The Morgan fingerprint density at radius 1 is 0.552 bits per heavy atom. The van der Waals surface area contributed by atoms with E-state index in [1.165, 1.54) is 129 Å². The first kappa shape index (κ1) is 50.2. The van der Waals surface area contributed by atoms with E-state index in [0.29, 0.717) is 11.1 Å². The van der Waals surface area contributed by atoms with Gasteiger partial charge in [-0.3, -0.25) is 9.59 Å². The molecule has 0 amide bonds. The fourth-order valence-corrected chi connectivity index (χ4v) is 6.11. The summed E-state index contributed by atoms with van der Waals surface area (Å²) in [5.74, 6) is -5.55. The average molecular weight is 939 g/mol. The summed E-state index contributed by atoms with van der Waals surface area (Å²) >= 11 is 0. The summed E-state index contributed by atoms with van der Waals surface area (Å²) in [6, 6.07) is 21.9. The molecule has 6 N–H and O–H groups in total. The first-order valence-corrected chi connectivity index (χ1v) is 19.5. The van der Waals surface area contributed by atoms with Crippen LogP contribution in [0.5, 0.6) is 34.5 Å². The third-order valence-electron chi connectivity index (χ3n) is 9.29. The van der Waals surface area contributed by atoms with Crippen molar-refractivity contribution in [1.29, 1.82) is 0 Å². The number of ether oxygens (including phenoxy) is 6. The van der Waals surface area contributed by atoms with Gasteiger partial charge in [0, 0.05) is 11.4 Å². The molecule has 0 fully saturated rings. The summed E-state index contributed by atoms with van der Waals surface area (Å²) in [6.07, 6.45) is -8.68. The van der Waals surface area contributed by atoms with E-state index in [-0.39, 0.29) is 62.6 Å². The average Bonchev–Trinajstić information content (AvgIpc) is 3.28. The zero-order chi connectivity index (χ0) is 49.1. The number of carbonyl (C=O) groups excluding carboxylic acids is 4. The van der Waals surface area contributed by atoms with Crippen molar-refractivity contribution in [2.24, 2.45) is 0 Å². The minimum atomic E-state index is -4.55. The second kappa shape index (κ2) is 21.9. The molecule has 0 aromatic heterocycles. The summed E-state index contributed by atoms with van der Waals surface area (Å²) in [5.41, 5.74) is 12.8. The van der Waals surface area contributed by atoms with Gasteiger partial charge in [-0.25, -0.2) is 9.59 Å². The van der Waals surface area contributed by atoms with Crippen LogP contribution in [-0.2, 0) is 9.59 Å². The Morgan fingerprint density at radius 2 is 0.925 bits per heavy atom. The molecule has 2 atom stereocenters. The number of alkyl halides is 6.